The maximum Gasteiger partial charge on any atom is 0.166 e. The summed E-state index contributed by atoms with van der Waals surface area (Å²) in [5.74, 6) is 0. The molecule has 0 aromatic heterocycles. The van der Waals surface area contributed by atoms with Gasteiger partial charge >= 0.3 is 0 Å². The van der Waals surface area contributed by atoms with E-state index in [0.29, 0.717) is 6.61 Å². The lowest BCUT2D eigenvalue weighted by Crippen LogP contribution is -2.37. The van der Waals surface area contributed by atoms with Crippen LogP contribution in [0.4, 0.5) is 0 Å². The highest BCUT2D eigenvalue weighted by molar-refractivity contribution is 7.80. The van der Waals surface area contributed by atoms with Gasteiger partial charge in [-0.3, -0.25) is 0 Å². The van der Waals surface area contributed by atoms with Crippen LogP contribution in [0.15, 0.2) is 0 Å². The third-order valence-corrected chi connectivity index (χ3v) is 2.32. The van der Waals surface area contributed by atoms with Crippen molar-refractivity contribution in [3.8, 4) is 0 Å². The molecule has 0 atom stereocenters. The maximum atomic E-state index is 5.43. The third kappa shape index (κ3) is 11.7. The number of likely N-dealkylation sites (N-methyl/N-ethyl adjacent to an activating group) is 1. The van der Waals surface area contributed by atoms with Gasteiger partial charge in [0.05, 0.1) is 13.2 Å². The smallest absolute Gasteiger partial charge is 0.166 e. The Kier molecular flexibility index (Phi) is 10.8. The average molecular weight is 247 g/mol. The Labute approximate surface area is 105 Å². The van der Waals surface area contributed by atoms with Crippen LogP contribution < -0.4 is 10.6 Å². The van der Waals surface area contributed by atoms with Gasteiger partial charge in [0, 0.05) is 19.6 Å². The number of hydrogen-bond donors (Lipinski definition) is 2. The van der Waals surface area contributed by atoms with Crippen LogP contribution in [0, 0.1) is 0 Å². The Balaban J connectivity index is 3.15. The van der Waals surface area contributed by atoms with Crippen molar-refractivity contribution >= 4 is 17.3 Å². The van der Waals surface area contributed by atoms with Gasteiger partial charge < -0.3 is 20.3 Å². The topological polar surface area (TPSA) is 36.5 Å². The molecule has 0 saturated heterocycles. The van der Waals surface area contributed by atoms with E-state index in [-0.39, 0.29) is 0 Å². The molecule has 0 aliphatic heterocycles. The largest absolute Gasteiger partial charge is 0.378 e. The second-order valence-corrected chi connectivity index (χ2v) is 4.36. The molecule has 5 heteroatoms. The molecule has 0 heterocycles. The lowest BCUT2D eigenvalue weighted by atomic mass is 10.3. The standard InChI is InChI=1S/C11H25N3OS/c1-4-5-6-12-11(16)13-7-9-15-10-8-14(2)3/h4-10H2,1-3H3,(H2,12,13,16). The van der Waals surface area contributed by atoms with Crippen molar-refractivity contribution in [3.63, 3.8) is 0 Å². The molecule has 0 aromatic carbocycles. The van der Waals surface area contributed by atoms with Crippen molar-refractivity contribution in [2.45, 2.75) is 19.8 Å². The summed E-state index contributed by atoms with van der Waals surface area (Å²) in [6, 6.07) is 0. The summed E-state index contributed by atoms with van der Waals surface area (Å²) in [6.07, 6.45) is 2.34. The summed E-state index contributed by atoms with van der Waals surface area (Å²) in [4.78, 5) is 2.10. The van der Waals surface area contributed by atoms with Gasteiger partial charge in [0.15, 0.2) is 5.11 Å². The Bertz CT molecular complexity index is 177. The van der Waals surface area contributed by atoms with Gasteiger partial charge in [0.2, 0.25) is 0 Å². The number of unbranched alkanes of at least 4 members (excludes halogenated alkanes) is 1. The maximum absolute atomic E-state index is 5.43. The Morgan fingerprint density at radius 2 is 1.88 bits per heavy atom. The summed E-state index contributed by atoms with van der Waals surface area (Å²) < 4.78 is 5.43. The minimum Gasteiger partial charge on any atom is -0.378 e. The molecule has 0 aromatic rings. The molecule has 0 unspecified atom stereocenters. The Hall–Kier alpha value is -0.390. The van der Waals surface area contributed by atoms with E-state index >= 15 is 0 Å². The number of ether oxygens (including phenoxy) is 1. The normalized spacial score (nSPS) is 10.5. The van der Waals surface area contributed by atoms with Crippen LogP contribution in [0.5, 0.6) is 0 Å². The molecule has 96 valence electrons. The molecule has 0 radical (unpaired) electrons. The van der Waals surface area contributed by atoms with E-state index < -0.39 is 0 Å². The van der Waals surface area contributed by atoms with Crippen molar-refractivity contribution < 1.29 is 4.74 Å². The van der Waals surface area contributed by atoms with Crippen molar-refractivity contribution in [2.75, 3.05) is 46.9 Å². The lowest BCUT2D eigenvalue weighted by Gasteiger charge is -2.12. The zero-order valence-corrected chi connectivity index (χ0v) is 11.5. The molecule has 4 nitrogen and oxygen atoms in total. The number of hydrogen-bond acceptors (Lipinski definition) is 3. The molecule has 0 saturated carbocycles. The van der Waals surface area contributed by atoms with Gasteiger partial charge in [-0.15, -0.1) is 0 Å². The fraction of sp³-hybridized carbons (Fsp3) is 0.909. The summed E-state index contributed by atoms with van der Waals surface area (Å²) in [5.41, 5.74) is 0. The van der Waals surface area contributed by atoms with Crippen LogP contribution >= 0.6 is 12.2 Å². The zero-order chi connectivity index (χ0) is 12.2. The molecule has 0 aliphatic rings. The first-order valence-corrected chi connectivity index (χ1v) is 6.31. The van der Waals surface area contributed by atoms with E-state index in [1.54, 1.807) is 0 Å². The Morgan fingerprint density at radius 3 is 2.50 bits per heavy atom. The quantitative estimate of drug-likeness (QED) is 0.466. The lowest BCUT2D eigenvalue weighted by molar-refractivity contribution is 0.122. The van der Waals surface area contributed by atoms with E-state index in [1.165, 1.54) is 6.42 Å². The van der Waals surface area contributed by atoms with Crippen LogP contribution in [0.25, 0.3) is 0 Å². The second-order valence-electron chi connectivity index (χ2n) is 3.95. The molecule has 16 heavy (non-hydrogen) atoms. The highest BCUT2D eigenvalue weighted by atomic mass is 32.1. The minimum absolute atomic E-state index is 0.698. The monoisotopic (exact) mass is 247 g/mol. The second kappa shape index (κ2) is 11.1. The van der Waals surface area contributed by atoms with Gasteiger partial charge in [-0.25, -0.2) is 0 Å². The van der Waals surface area contributed by atoms with Crippen LogP contribution in [0.2, 0.25) is 0 Å². The van der Waals surface area contributed by atoms with Gasteiger partial charge in [-0.1, -0.05) is 13.3 Å². The van der Waals surface area contributed by atoms with Crippen molar-refractivity contribution in [3.05, 3.63) is 0 Å². The first-order valence-electron chi connectivity index (χ1n) is 5.91. The summed E-state index contributed by atoms with van der Waals surface area (Å²) in [7, 11) is 4.07. The molecule has 0 aliphatic carbocycles. The predicted octanol–water partition coefficient (Wildman–Crippen LogP) is 0.829. The number of nitrogens with zero attached hydrogens (tertiary/aromatic N) is 1. The van der Waals surface area contributed by atoms with E-state index in [4.69, 9.17) is 17.0 Å². The minimum atomic E-state index is 0.698. The molecule has 0 fully saturated rings. The molecule has 0 bridgehead atoms. The summed E-state index contributed by atoms with van der Waals surface area (Å²) in [5, 5.41) is 6.99. The van der Waals surface area contributed by atoms with Crippen molar-refractivity contribution in [1.29, 1.82) is 0 Å². The van der Waals surface area contributed by atoms with Crippen molar-refractivity contribution in [1.82, 2.24) is 15.5 Å². The molecule has 0 amide bonds. The summed E-state index contributed by atoms with van der Waals surface area (Å²) >= 11 is 5.10. The highest BCUT2D eigenvalue weighted by Gasteiger charge is 1.94. The molecule has 2 N–H and O–H groups in total. The number of thiocarbonyl (C=S) groups is 1. The SMILES string of the molecule is CCCCNC(=S)NCCOCCN(C)C. The fourth-order valence-electron chi connectivity index (χ4n) is 1.03. The van der Waals surface area contributed by atoms with Crippen LogP contribution in [-0.2, 0) is 4.74 Å². The van der Waals surface area contributed by atoms with Gasteiger partial charge in [0.25, 0.3) is 0 Å². The van der Waals surface area contributed by atoms with E-state index in [0.717, 1.165) is 37.8 Å². The Morgan fingerprint density at radius 1 is 1.19 bits per heavy atom. The third-order valence-electron chi connectivity index (χ3n) is 2.03. The first-order chi connectivity index (χ1) is 7.66. The average Bonchev–Trinajstić information content (AvgIpc) is 2.23. The fourth-order valence-corrected chi connectivity index (χ4v) is 1.23. The van der Waals surface area contributed by atoms with Gasteiger partial charge in [-0.05, 0) is 32.7 Å². The molecule has 0 rings (SSSR count). The van der Waals surface area contributed by atoms with Crippen molar-refractivity contribution in [2.24, 2.45) is 0 Å². The zero-order valence-electron chi connectivity index (χ0n) is 10.7. The van der Waals surface area contributed by atoms with Gasteiger partial charge in [-0.2, -0.15) is 0 Å². The number of nitrogens with one attached hydrogen (secondary N) is 2. The number of rotatable bonds is 9. The van der Waals surface area contributed by atoms with E-state index in [1.807, 2.05) is 14.1 Å². The van der Waals surface area contributed by atoms with E-state index in [9.17, 15) is 0 Å². The predicted molar refractivity (Wildman–Crippen MR) is 72.9 cm³/mol. The highest BCUT2D eigenvalue weighted by Crippen LogP contribution is 1.82. The van der Waals surface area contributed by atoms with Gasteiger partial charge in [0.1, 0.15) is 0 Å². The first kappa shape index (κ1) is 15.6. The van der Waals surface area contributed by atoms with Crippen LogP contribution in [0.3, 0.4) is 0 Å². The molecular weight excluding hydrogens is 222 g/mol. The van der Waals surface area contributed by atoms with Crippen LogP contribution in [0.1, 0.15) is 19.8 Å². The summed E-state index contributed by atoms with van der Waals surface area (Å²) in [6.45, 7) is 6.30. The molecule has 0 spiro atoms. The van der Waals surface area contributed by atoms with E-state index in [2.05, 4.69) is 22.5 Å². The van der Waals surface area contributed by atoms with Crippen LogP contribution in [-0.4, -0.2) is 57.0 Å². The molecular formula is C11H25N3OS.